The van der Waals surface area contributed by atoms with Gasteiger partial charge in [-0.1, -0.05) is 35.3 Å². The van der Waals surface area contributed by atoms with Crippen LogP contribution in [0.5, 0.6) is 0 Å². The summed E-state index contributed by atoms with van der Waals surface area (Å²) in [7, 11) is 0. The minimum atomic E-state index is -0.0678. The van der Waals surface area contributed by atoms with E-state index >= 15 is 0 Å². The largest absolute Gasteiger partial charge is 0.325 e. The number of aromatic nitrogens is 1. The van der Waals surface area contributed by atoms with Crippen LogP contribution in [0.3, 0.4) is 0 Å². The molecule has 1 saturated heterocycles. The Morgan fingerprint density at radius 3 is 2.50 bits per heavy atom. The fourth-order valence-electron chi connectivity index (χ4n) is 3.13. The van der Waals surface area contributed by atoms with E-state index in [1.54, 1.807) is 24.3 Å². The van der Waals surface area contributed by atoms with Crippen molar-refractivity contribution in [2.45, 2.75) is 19.3 Å². The molecule has 28 heavy (non-hydrogen) atoms. The van der Waals surface area contributed by atoms with Crippen LogP contribution < -0.4 is 10.6 Å². The monoisotopic (exact) mass is 420 g/mol. The predicted octanol–water partition coefficient (Wildman–Crippen LogP) is 4.07. The predicted molar refractivity (Wildman–Crippen MR) is 112 cm³/mol. The van der Waals surface area contributed by atoms with Crippen molar-refractivity contribution in [2.75, 3.05) is 30.3 Å². The number of rotatable bonds is 6. The first-order chi connectivity index (χ1) is 13.5. The standard InChI is InChI=1S/C20H22Cl2N4O2/c21-15-5-6-18(23-13-15)25-20(28)14-7-10-26(11-8-14)12-9-19(27)24-17-4-2-1-3-16(17)22/h1-6,13-14H,7-12H2,(H,24,27)(H,23,25,28). The maximum atomic E-state index is 12.4. The highest BCUT2D eigenvalue weighted by molar-refractivity contribution is 6.33. The second-order valence-electron chi connectivity index (χ2n) is 6.74. The highest BCUT2D eigenvalue weighted by Gasteiger charge is 2.25. The van der Waals surface area contributed by atoms with Crippen LogP contribution in [-0.4, -0.2) is 41.3 Å². The van der Waals surface area contributed by atoms with Gasteiger partial charge in [0.05, 0.1) is 15.7 Å². The van der Waals surface area contributed by atoms with E-state index in [9.17, 15) is 9.59 Å². The van der Waals surface area contributed by atoms with Crippen molar-refractivity contribution in [1.82, 2.24) is 9.88 Å². The molecule has 8 heteroatoms. The molecule has 1 aromatic heterocycles. The number of carbonyl (C=O) groups is 2. The van der Waals surface area contributed by atoms with Gasteiger partial charge in [0.15, 0.2) is 0 Å². The number of amides is 2. The molecule has 0 spiro atoms. The van der Waals surface area contributed by atoms with Gasteiger partial charge in [-0.15, -0.1) is 0 Å². The lowest BCUT2D eigenvalue weighted by Gasteiger charge is -2.31. The number of hydrogen-bond acceptors (Lipinski definition) is 4. The number of benzene rings is 1. The highest BCUT2D eigenvalue weighted by Crippen LogP contribution is 2.22. The molecule has 148 valence electrons. The van der Waals surface area contributed by atoms with Crippen molar-refractivity contribution in [3.8, 4) is 0 Å². The lowest BCUT2D eigenvalue weighted by atomic mass is 9.96. The van der Waals surface area contributed by atoms with E-state index in [-0.39, 0.29) is 17.7 Å². The van der Waals surface area contributed by atoms with E-state index in [0.29, 0.717) is 34.5 Å². The van der Waals surface area contributed by atoms with Gasteiger partial charge < -0.3 is 15.5 Å². The number of carbonyl (C=O) groups excluding carboxylic acids is 2. The van der Waals surface area contributed by atoms with Gasteiger partial charge in [-0.05, 0) is 50.2 Å². The van der Waals surface area contributed by atoms with Crippen LogP contribution >= 0.6 is 23.2 Å². The molecule has 0 atom stereocenters. The molecule has 2 aromatic rings. The molecule has 2 amide bonds. The summed E-state index contributed by atoms with van der Waals surface area (Å²) in [6.45, 7) is 2.22. The van der Waals surface area contributed by atoms with Crippen molar-refractivity contribution in [2.24, 2.45) is 5.92 Å². The van der Waals surface area contributed by atoms with E-state index in [0.717, 1.165) is 25.9 Å². The molecule has 1 aliphatic heterocycles. The highest BCUT2D eigenvalue weighted by atomic mass is 35.5. The summed E-state index contributed by atoms with van der Waals surface area (Å²) in [5.74, 6) is 0.367. The van der Waals surface area contributed by atoms with Crippen LogP contribution in [0.15, 0.2) is 42.6 Å². The Morgan fingerprint density at radius 2 is 1.82 bits per heavy atom. The Morgan fingerprint density at radius 1 is 1.07 bits per heavy atom. The Labute approximate surface area is 174 Å². The van der Waals surface area contributed by atoms with E-state index in [2.05, 4.69) is 20.5 Å². The summed E-state index contributed by atoms with van der Waals surface area (Å²) >= 11 is 11.9. The Kier molecular flexibility index (Phi) is 7.25. The van der Waals surface area contributed by atoms with Crippen LogP contribution in [0.25, 0.3) is 0 Å². The normalized spacial score (nSPS) is 15.2. The molecule has 2 N–H and O–H groups in total. The van der Waals surface area contributed by atoms with Gasteiger partial charge in [-0.3, -0.25) is 9.59 Å². The van der Waals surface area contributed by atoms with Gasteiger partial charge in [-0.25, -0.2) is 4.98 Å². The number of pyridine rings is 1. The molecule has 1 aliphatic rings. The Hall–Kier alpha value is -2.15. The van der Waals surface area contributed by atoms with Gasteiger partial charge in [0.2, 0.25) is 11.8 Å². The summed E-state index contributed by atoms with van der Waals surface area (Å²) in [6.07, 6.45) is 3.40. The molecule has 6 nitrogen and oxygen atoms in total. The van der Waals surface area contributed by atoms with Crippen molar-refractivity contribution >= 4 is 46.5 Å². The third-order valence-corrected chi connectivity index (χ3v) is 5.29. The van der Waals surface area contributed by atoms with Gasteiger partial charge in [-0.2, -0.15) is 0 Å². The molecule has 1 fully saturated rings. The summed E-state index contributed by atoms with van der Waals surface area (Å²) in [6, 6.07) is 10.6. The first kappa shape index (κ1) is 20.6. The number of piperidine rings is 1. The van der Waals surface area contributed by atoms with Gasteiger partial charge >= 0.3 is 0 Å². The topological polar surface area (TPSA) is 74.3 Å². The smallest absolute Gasteiger partial charge is 0.228 e. The number of halogens is 2. The number of nitrogens with one attached hydrogen (secondary N) is 2. The third-order valence-electron chi connectivity index (χ3n) is 4.74. The van der Waals surface area contributed by atoms with Gasteiger partial charge in [0, 0.05) is 25.1 Å². The second-order valence-corrected chi connectivity index (χ2v) is 7.59. The zero-order chi connectivity index (χ0) is 19.9. The molecule has 0 radical (unpaired) electrons. The third kappa shape index (κ3) is 5.92. The summed E-state index contributed by atoms with van der Waals surface area (Å²) < 4.78 is 0. The SMILES string of the molecule is O=C(CCN1CCC(C(=O)Nc2ccc(Cl)cn2)CC1)Nc1ccccc1Cl. The zero-order valence-corrected chi connectivity index (χ0v) is 16.8. The number of hydrogen-bond donors (Lipinski definition) is 2. The van der Waals surface area contributed by atoms with E-state index in [1.807, 2.05) is 12.1 Å². The average molecular weight is 421 g/mol. The first-order valence-electron chi connectivity index (χ1n) is 9.20. The number of anilines is 2. The van der Waals surface area contributed by atoms with Crippen molar-refractivity contribution in [3.63, 3.8) is 0 Å². The maximum Gasteiger partial charge on any atom is 0.228 e. The summed E-state index contributed by atoms with van der Waals surface area (Å²) in [5.41, 5.74) is 0.625. The zero-order valence-electron chi connectivity index (χ0n) is 15.3. The number of para-hydroxylation sites is 1. The van der Waals surface area contributed by atoms with Gasteiger partial charge in [0.25, 0.3) is 0 Å². The summed E-state index contributed by atoms with van der Waals surface area (Å²) in [4.78, 5) is 30.8. The van der Waals surface area contributed by atoms with E-state index in [1.165, 1.54) is 6.20 Å². The number of likely N-dealkylation sites (tertiary alicyclic amines) is 1. The molecule has 1 aromatic carbocycles. The van der Waals surface area contributed by atoms with E-state index < -0.39 is 0 Å². The van der Waals surface area contributed by atoms with Crippen LogP contribution in [0.1, 0.15) is 19.3 Å². The van der Waals surface area contributed by atoms with Crippen molar-refractivity contribution in [3.05, 3.63) is 52.6 Å². The molecule has 3 rings (SSSR count). The molecule has 0 aliphatic carbocycles. The summed E-state index contributed by atoms with van der Waals surface area (Å²) in [5, 5.41) is 6.72. The quantitative estimate of drug-likeness (QED) is 0.738. The maximum absolute atomic E-state index is 12.4. The molecule has 0 bridgehead atoms. The second kappa shape index (κ2) is 9.87. The Bertz CT molecular complexity index is 821. The fourth-order valence-corrected chi connectivity index (χ4v) is 3.43. The van der Waals surface area contributed by atoms with Crippen LogP contribution in [-0.2, 0) is 9.59 Å². The lowest BCUT2D eigenvalue weighted by Crippen LogP contribution is -2.39. The fraction of sp³-hybridized carbons (Fsp3) is 0.350. The molecular formula is C20H22Cl2N4O2. The molecule has 0 unspecified atom stereocenters. The lowest BCUT2D eigenvalue weighted by molar-refractivity contribution is -0.121. The minimum absolute atomic E-state index is 0.0223. The van der Waals surface area contributed by atoms with Crippen molar-refractivity contribution in [1.29, 1.82) is 0 Å². The number of nitrogens with zero attached hydrogens (tertiary/aromatic N) is 2. The van der Waals surface area contributed by atoms with Crippen molar-refractivity contribution < 1.29 is 9.59 Å². The minimum Gasteiger partial charge on any atom is -0.325 e. The Balaban J connectivity index is 1.39. The first-order valence-corrected chi connectivity index (χ1v) is 9.96. The average Bonchev–Trinajstić information content (AvgIpc) is 2.70. The van der Waals surface area contributed by atoms with Gasteiger partial charge in [0.1, 0.15) is 5.82 Å². The van der Waals surface area contributed by atoms with Crippen LogP contribution in [0, 0.1) is 5.92 Å². The molecular weight excluding hydrogens is 399 g/mol. The van der Waals surface area contributed by atoms with Crippen LogP contribution in [0.2, 0.25) is 10.0 Å². The van der Waals surface area contributed by atoms with E-state index in [4.69, 9.17) is 23.2 Å². The van der Waals surface area contributed by atoms with Crippen LogP contribution in [0.4, 0.5) is 11.5 Å². The molecule has 2 heterocycles. The molecule has 0 saturated carbocycles.